The number of piperazine rings is 1. The van der Waals surface area contributed by atoms with Crippen molar-refractivity contribution in [2.24, 2.45) is 5.92 Å². The average Bonchev–Trinajstić information content (AvgIpc) is 3.26. The predicted molar refractivity (Wildman–Crippen MR) is 143 cm³/mol. The van der Waals surface area contributed by atoms with E-state index in [4.69, 9.17) is 5.10 Å². The lowest BCUT2D eigenvalue weighted by molar-refractivity contribution is -0.125. The van der Waals surface area contributed by atoms with Gasteiger partial charge in [0.2, 0.25) is 5.91 Å². The minimum absolute atomic E-state index is 0.0437. The van der Waals surface area contributed by atoms with E-state index in [9.17, 15) is 4.79 Å². The molecule has 2 aromatic heterocycles. The van der Waals surface area contributed by atoms with E-state index in [2.05, 4.69) is 56.3 Å². The molecule has 2 aliphatic heterocycles. The van der Waals surface area contributed by atoms with E-state index >= 15 is 0 Å². The van der Waals surface area contributed by atoms with Crippen LogP contribution in [0.1, 0.15) is 30.7 Å². The molecule has 2 saturated heterocycles. The normalized spacial score (nSPS) is 19.6. The van der Waals surface area contributed by atoms with Gasteiger partial charge in [0.1, 0.15) is 5.52 Å². The molecule has 9 nitrogen and oxygen atoms in total. The number of carbonyl (C=O) groups excluding carboxylic acids is 1. The van der Waals surface area contributed by atoms with Crippen LogP contribution < -0.4 is 10.2 Å². The van der Waals surface area contributed by atoms with Gasteiger partial charge in [-0.25, -0.2) is 4.68 Å². The predicted octanol–water partition coefficient (Wildman–Crippen LogP) is 2.40. The molecule has 36 heavy (non-hydrogen) atoms. The van der Waals surface area contributed by atoms with E-state index in [1.165, 1.54) is 0 Å². The van der Waals surface area contributed by atoms with Crippen molar-refractivity contribution in [2.75, 3.05) is 64.3 Å². The van der Waals surface area contributed by atoms with Gasteiger partial charge in [-0.2, -0.15) is 10.2 Å². The molecule has 0 unspecified atom stereocenters. The van der Waals surface area contributed by atoms with Crippen LogP contribution in [0.5, 0.6) is 0 Å². The topological polar surface area (TPSA) is 82.4 Å². The first-order valence-electron chi connectivity index (χ1n) is 13.2. The minimum atomic E-state index is -0.0437. The number of fused-ring (bicyclic) bond motifs is 1. The van der Waals surface area contributed by atoms with Gasteiger partial charge in [0.05, 0.1) is 28.4 Å². The van der Waals surface area contributed by atoms with Gasteiger partial charge in [0, 0.05) is 45.8 Å². The van der Waals surface area contributed by atoms with Crippen LogP contribution in [0.4, 0.5) is 5.82 Å². The molecular formula is C27H38N8O. The third kappa shape index (κ3) is 5.22. The maximum Gasteiger partial charge on any atom is 0.224 e. The van der Waals surface area contributed by atoms with Gasteiger partial charge in [-0.3, -0.25) is 4.79 Å². The first-order chi connectivity index (χ1) is 17.5. The van der Waals surface area contributed by atoms with Gasteiger partial charge in [0.15, 0.2) is 5.82 Å². The molecule has 0 saturated carbocycles. The highest BCUT2D eigenvalue weighted by Crippen LogP contribution is 2.31. The molecule has 2 fully saturated rings. The molecule has 1 atom stereocenters. The van der Waals surface area contributed by atoms with Crippen LogP contribution in [0, 0.1) is 19.8 Å². The fourth-order valence-corrected chi connectivity index (χ4v) is 5.46. The standard InChI is InChI=1S/C27H38N8O/c1-20-24-21(2)35(23-10-5-4-6-11-23)31-25(24)26(30-29-20)34-14-7-9-22(19-34)27(36)28-12-8-13-33-17-15-32(3)16-18-33/h4-6,10-11,22H,7-9,12-19H2,1-3H3,(H,28,36)/t22-/m0/s1. The van der Waals surface area contributed by atoms with Crippen molar-refractivity contribution < 1.29 is 4.79 Å². The minimum Gasteiger partial charge on any atom is -0.356 e. The van der Waals surface area contributed by atoms with Crippen molar-refractivity contribution >= 4 is 22.6 Å². The first kappa shape index (κ1) is 24.6. The Balaban J connectivity index is 1.25. The Labute approximate surface area is 213 Å². The quantitative estimate of drug-likeness (QED) is 0.509. The highest BCUT2D eigenvalue weighted by Gasteiger charge is 2.29. The number of rotatable bonds is 7. The Bertz CT molecular complexity index is 1190. The number of amides is 1. The van der Waals surface area contributed by atoms with Crippen LogP contribution in [0.2, 0.25) is 0 Å². The summed E-state index contributed by atoms with van der Waals surface area (Å²) in [6, 6.07) is 10.2. The van der Waals surface area contributed by atoms with Crippen molar-refractivity contribution in [1.29, 1.82) is 0 Å². The zero-order chi connectivity index (χ0) is 25.1. The number of anilines is 1. The van der Waals surface area contributed by atoms with Crippen LogP contribution >= 0.6 is 0 Å². The fourth-order valence-electron chi connectivity index (χ4n) is 5.46. The van der Waals surface area contributed by atoms with Gasteiger partial charge in [-0.15, -0.1) is 5.10 Å². The van der Waals surface area contributed by atoms with Crippen molar-refractivity contribution in [2.45, 2.75) is 33.1 Å². The number of nitrogens with zero attached hydrogens (tertiary/aromatic N) is 7. The van der Waals surface area contributed by atoms with Crippen molar-refractivity contribution in [3.05, 3.63) is 41.7 Å². The lowest BCUT2D eigenvalue weighted by atomic mass is 9.97. The molecular weight excluding hydrogens is 452 g/mol. The summed E-state index contributed by atoms with van der Waals surface area (Å²) >= 11 is 0. The third-order valence-corrected chi connectivity index (χ3v) is 7.62. The van der Waals surface area contributed by atoms with Crippen LogP contribution in [0.3, 0.4) is 0 Å². The molecule has 0 aliphatic carbocycles. The van der Waals surface area contributed by atoms with E-state index in [0.717, 1.165) is 98.9 Å². The van der Waals surface area contributed by atoms with Gasteiger partial charge >= 0.3 is 0 Å². The fraction of sp³-hybridized carbons (Fsp3) is 0.556. The number of benzene rings is 1. The van der Waals surface area contributed by atoms with Gasteiger partial charge in [-0.1, -0.05) is 18.2 Å². The smallest absolute Gasteiger partial charge is 0.224 e. The molecule has 0 bridgehead atoms. The largest absolute Gasteiger partial charge is 0.356 e. The summed E-state index contributed by atoms with van der Waals surface area (Å²) in [6.45, 7) is 11.8. The SMILES string of the molecule is Cc1nnc(N2CCC[C@H](C(=O)NCCCN3CCN(C)CC3)C2)c2nn(-c3ccccc3)c(C)c12. The Morgan fingerprint density at radius 3 is 2.61 bits per heavy atom. The molecule has 1 amide bonds. The summed E-state index contributed by atoms with van der Waals surface area (Å²) in [5.74, 6) is 0.888. The van der Waals surface area contributed by atoms with Crippen molar-refractivity contribution in [1.82, 2.24) is 35.1 Å². The summed E-state index contributed by atoms with van der Waals surface area (Å²) in [5, 5.41) is 18.2. The second-order valence-electron chi connectivity index (χ2n) is 10.2. The number of piperidine rings is 1. The summed E-state index contributed by atoms with van der Waals surface area (Å²) < 4.78 is 1.97. The number of likely N-dealkylation sites (N-methyl/N-ethyl adjacent to an activating group) is 1. The van der Waals surface area contributed by atoms with Crippen molar-refractivity contribution in [3.63, 3.8) is 0 Å². The third-order valence-electron chi connectivity index (χ3n) is 7.62. The molecule has 0 spiro atoms. The van der Waals surface area contributed by atoms with Gasteiger partial charge < -0.3 is 20.0 Å². The van der Waals surface area contributed by atoms with Crippen LogP contribution in [-0.4, -0.2) is 95.1 Å². The number of para-hydroxylation sites is 1. The van der Waals surface area contributed by atoms with E-state index in [1.807, 2.05) is 29.8 Å². The van der Waals surface area contributed by atoms with Gasteiger partial charge in [-0.05, 0) is 58.8 Å². The first-order valence-corrected chi connectivity index (χ1v) is 13.2. The van der Waals surface area contributed by atoms with Gasteiger partial charge in [0.25, 0.3) is 0 Å². The zero-order valence-electron chi connectivity index (χ0n) is 21.8. The highest BCUT2D eigenvalue weighted by molar-refractivity contribution is 5.92. The van der Waals surface area contributed by atoms with E-state index in [0.29, 0.717) is 6.54 Å². The second kappa shape index (κ2) is 10.9. The second-order valence-corrected chi connectivity index (χ2v) is 10.2. The zero-order valence-corrected chi connectivity index (χ0v) is 21.8. The maximum absolute atomic E-state index is 13.0. The molecule has 9 heteroatoms. The molecule has 0 radical (unpaired) electrons. The monoisotopic (exact) mass is 490 g/mol. The number of aromatic nitrogens is 4. The molecule has 1 N–H and O–H groups in total. The van der Waals surface area contributed by atoms with E-state index in [-0.39, 0.29) is 11.8 Å². The number of hydrogen-bond donors (Lipinski definition) is 1. The Kier molecular flexibility index (Phi) is 7.48. The summed E-state index contributed by atoms with van der Waals surface area (Å²) in [7, 11) is 2.17. The van der Waals surface area contributed by atoms with E-state index in [1.54, 1.807) is 0 Å². The van der Waals surface area contributed by atoms with Crippen molar-refractivity contribution in [3.8, 4) is 5.69 Å². The number of nitrogens with one attached hydrogen (secondary N) is 1. The highest BCUT2D eigenvalue weighted by atomic mass is 16.1. The molecule has 3 aromatic rings. The average molecular weight is 491 g/mol. The lowest BCUT2D eigenvalue weighted by Gasteiger charge is -2.33. The molecule has 192 valence electrons. The molecule has 5 rings (SSSR count). The maximum atomic E-state index is 13.0. The lowest BCUT2D eigenvalue weighted by Crippen LogP contribution is -2.46. The Hall–Kier alpha value is -3.04. The summed E-state index contributed by atoms with van der Waals surface area (Å²) in [5.41, 5.74) is 3.80. The van der Waals surface area contributed by atoms with Crippen LogP contribution in [0.25, 0.3) is 16.6 Å². The Morgan fingerprint density at radius 1 is 1.06 bits per heavy atom. The molecule has 2 aliphatic rings. The van der Waals surface area contributed by atoms with Crippen LogP contribution in [0.15, 0.2) is 30.3 Å². The van der Waals surface area contributed by atoms with E-state index < -0.39 is 0 Å². The molecule has 4 heterocycles. The summed E-state index contributed by atoms with van der Waals surface area (Å²) in [4.78, 5) is 20.1. The number of carbonyl (C=O) groups is 1. The Morgan fingerprint density at radius 2 is 1.83 bits per heavy atom. The molecule has 1 aromatic carbocycles. The van der Waals surface area contributed by atoms with Crippen LogP contribution in [-0.2, 0) is 4.79 Å². The summed E-state index contributed by atoms with van der Waals surface area (Å²) in [6.07, 6.45) is 2.85. The number of aryl methyl sites for hydroxylation is 2. The number of hydrogen-bond acceptors (Lipinski definition) is 7.